The molecule has 0 saturated heterocycles. The van der Waals surface area contributed by atoms with Gasteiger partial charge in [0.05, 0.1) is 12.7 Å². The van der Waals surface area contributed by atoms with E-state index in [2.05, 4.69) is 15.9 Å². The Morgan fingerprint density at radius 3 is 2.79 bits per heavy atom. The Hall–Kier alpha value is -0.830. The van der Waals surface area contributed by atoms with Crippen LogP contribution in [0.1, 0.15) is 22.3 Å². The summed E-state index contributed by atoms with van der Waals surface area (Å²) < 4.78 is 5.16. The molecule has 0 aromatic heterocycles. The first kappa shape index (κ1) is 11.2. The molecule has 76 valence electrons. The zero-order valence-electron chi connectivity index (χ0n) is 8.34. The number of benzene rings is 1. The summed E-state index contributed by atoms with van der Waals surface area (Å²) in [7, 11) is 1.58. The number of hydrogen-bond donors (Lipinski definition) is 0. The molecule has 2 nitrogen and oxygen atoms in total. The van der Waals surface area contributed by atoms with Crippen molar-refractivity contribution in [3.05, 3.63) is 29.3 Å². The van der Waals surface area contributed by atoms with Crippen molar-refractivity contribution in [2.75, 3.05) is 12.4 Å². The number of aryl methyl sites for hydroxylation is 1. The average molecular weight is 257 g/mol. The third kappa shape index (κ3) is 2.35. The lowest BCUT2D eigenvalue weighted by molar-refractivity contribution is 0.0986. The lowest BCUT2D eigenvalue weighted by Crippen LogP contribution is -2.05. The first-order valence-electron chi connectivity index (χ1n) is 4.43. The number of Topliss-reactive ketones (excluding diaryl/α,β-unsaturated/α-hetero) is 1. The van der Waals surface area contributed by atoms with Gasteiger partial charge in [0.2, 0.25) is 0 Å². The number of halogens is 1. The maximum atomic E-state index is 11.7. The van der Waals surface area contributed by atoms with Crippen LogP contribution in [-0.4, -0.2) is 18.2 Å². The van der Waals surface area contributed by atoms with Gasteiger partial charge in [-0.25, -0.2) is 0 Å². The van der Waals surface area contributed by atoms with Gasteiger partial charge in [0.1, 0.15) is 5.75 Å². The van der Waals surface area contributed by atoms with Crippen LogP contribution in [0.2, 0.25) is 0 Å². The van der Waals surface area contributed by atoms with Crippen LogP contribution >= 0.6 is 15.9 Å². The van der Waals surface area contributed by atoms with Gasteiger partial charge >= 0.3 is 0 Å². The highest BCUT2D eigenvalue weighted by Gasteiger charge is 2.13. The maximum absolute atomic E-state index is 11.7. The summed E-state index contributed by atoms with van der Waals surface area (Å²) in [6.45, 7) is 1.92. The molecule has 0 saturated carbocycles. The molecule has 0 bridgehead atoms. The van der Waals surface area contributed by atoms with Crippen molar-refractivity contribution in [1.82, 2.24) is 0 Å². The zero-order valence-corrected chi connectivity index (χ0v) is 9.93. The molecular formula is C11H13BrO2. The quantitative estimate of drug-likeness (QED) is 0.612. The molecule has 0 aliphatic carbocycles. The van der Waals surface area contributed by atoms with Crippen molar-refractivity contribution in [3.63, 3.8) is 0 Å². The Labute approximate surface area is 92.4 Å². The summed E-state index contributed by atoms with van der Waals surface area (Å²) in [6, 6.07) is 5.62. The van der Waals surface area contributed by atoms with E-state index in [0.29, 0.717) is 23.1 Å². The van der Waals surface area contributed by atoms with Crippen molar-refractivity contribution in [2.45, 2.75) is 13.3 Å². The highest BCUT2D eigenvalue weighted by Crippen LogP contribution is 2.23. The molecule has 1 aromatic rings. The predicted octanol–water partition coefficient (Wildman–Crippen LogP) is 2.97. The van der Waals surface area contributed by atoms with Crippen LogP contribution in [0.25, 0.3) is 0 Å². The summed E-state index contributed by atoms with van der Waals surface area (Å²) in [5, 5.41) is 0.684. The van der Waals surface area contributed by atoms with Crippen molar-refractivity contribution in [3.8, 4) is 5.75 Å². The highest BCUT2D eigenvalue weighted by molar-refractivity contribution is 9.09. The average Bonchev–Trinajstić information content (AvgIpc) is 2.17. The van der Waals surface area contributed by atoms with Crippen LogP contribution in [0.3, 0.4) is 0 Å². The van der Waals surface area contributed by atoms with E-state index >= 15 is 0 Å². The molecule has 14 heavy (non-hydrogen) atoms. The van der Waals surface area contributed by atoms with E-state index in [1.54, 1.807) is 7.11 Å². The number of carbonyl (C=O) groups excluding carboxylic acids is 1. The standard InChI is InChI=1S/C11H13BrO2/c1-8-4-3-5-10(14-2)11(8)9(13)6-7-12/h3-5H,6-7H2,1-2H3. The third-order valence-corrected chi connectivity index (χ3v) is 2.45. The lowest BCUT2D eigenvalue weighted by atomic mass is 10.0. The molecule has 0 fully saturated rings. The van der Waals surface area contributed by atoms with Crippen LogP contribution in [0.5, 0.6) is 5.75 Å². The molecular weight excluding hydrogens is 244 g/mol. The van der Waals surface area contributed by atoms with Crippen molar-refractivity contribution >= 4 is 21.7 Å². The molecule has 0 radical (unpaired) electrons. The fourth-order valence-electron chi connectivity index (χ4n) is 1.38. The monoisotopic (exact) mass is 256 g/mol. The molecule has 3 heteroatoms. The molecule has 0 aliphatic rings. The van der Waals surface area contributed by atoms with E-state index in [-0.39, 0.29) is 5.78 Å². The number of rotatable bonds is 4. The van der Waals surface area contributed by atoms with Crippen molar-refractivity contribution in [2.24, 2.45) is 0 Å². The van der Waals surface area contributed by atoms with Crippen molar-refractivity contribution < 1.29 is 9.53 Å². The summed E-state index contributed by atoms with van der Waals surface area (Å²) in [5.74, 6) is 0.785. The Bertz CT molecular complexity index is 334. The Kier molecular flexibility index (Phi) is 4.14. The number of alkyl halides is 1. The van der Waals surface area contributed by atoms with Crippen LogP contribution in [-0.2, 0) is 0 Å². The maximum Gasteiger partial charge on any atom is 0.167 e. The van der Waals surface area contributed by atoms with Gasteiger partial charge in [-0.05, 0) is 18.6 Å². The van der Waals surface area contributed by atoms with Gasteiger partial charge in [0.15, 0.2) is 5.78 Å². The van der Waals surface area contributed by atoms with Crippen molar-refractivity contribution in [1.29, 1.82) is 0 Å². The molecule has 0 unspecified atom stereocenters. The number of methoxy groups -OCH3 is 1. The second-order valence-corrected chi connectivity index (χ2v) is 3.81. The first-order chi connectivity index (χ1) is 6.70. The van der Waals surface area contributed by atoms with E-state index in [1.165, 1.54) is 0 Å². The smallest absolute Gasteiger partial charge is 0.167 e. The molecule has 1 aromatic carbocycles. The summed E-state index contributed by atoms with van der Waals surface area (Å²) in [5.41, 5.74) is 1.67. The Morgan fingerprint density at radius 1 is 1.50 bits per heavy atom. The number of hydrogen-bond acceptors (Lipinski definition) is 2. The minimum absolute atomic E-state index is 0.122. The normalized spacial score (nSPS) is 9.93. The minimum atomic E-state index is 0.122. The van der Waals surface area contributed by atoms with Gasteiger partial charge in [-0.3, -0.25) is 4.79 Å². The summed E-state index contributed by atoms with van der Waals surface area (Å²) in [4.78, 5) is 11.7. The van der Waals surface area contributed by atoms with E-state index in [4.69, 9.17) is 4.74 Å². The fraction of sp³-hybridized carbons (Fsp3) is 0.364. The molecule has 0 heterocycles. The number of ether oxygens (including phenoxy) is 1. The van der Waals surface area contributed by atoms with E-state index < -0.39 is 0 Å². The third-order valence-electron chi connectivity index (χ3n) is 2.05. The van der Waals surface area contributed by atoms with Gasteiger partial charge in [-0.1, -0.05) is 28.1 Å². The van der Waals surface area contributed by atoms with Crippen LogP contribution in [0.15, 0.2) is 18.2 Å². The molecule has 0 spiro atoms. The van der Waals surface area contributed by atoms with Gasteiger partial charge in [0.25, 0.3) is 0 Å². The van der Waals surface area contributed by atoms with E-state index in [0.717, 1.165) is 5.56 Å². The Morgan fingerprint density at radius 2 is 2.21 bits per heavy atom. The van der Waals surface area contributed by atoms with E-state index in [1.807, 2.05) is 25.1 Å². The molecule has 1 rings (SSSR count). The minimum Gasteiger partial charge on any atom is -0.496 e. The Balaban J connectivity index is 3.10. The molecule has 0 N–H and O–H groups in total. The lowest BCUT2D eigenvalue weighted by Gasteiger charge is -2.09. The topological polar surface area (TPSA) is 26.3 Å². The fourth-order valence-corrected chi connectivity index (χ4v) is 1.74. The predicted molar refractivity (Wildman–Crippen MR) is 60.5 cm³/mol. The zero-order chi connectivity index (χ0) is 10.6. The van der Waals surface area contributed by atoms with Gasteiger partial charge < -0.3 is 4.74 Å². The second-order valence-electron chi connectivity index (χ2n) is 3.01. The summed E-state index contributed by atoms with van der Waals surface area (Å²) >= 11 is 3.26. The highest BCUT2D eigenvalue weighted by atomic mass is 79.9. The van der Waals surface area contributed by atoms with Gasteiger partial charge in [0, 0.05) is 11.8 Å². The van der Waals surface area contributed by atoms with Gasteiger partial charge in [-0.2, -0.15) is 0 Å². The van der Waals surface area contributed by atoms with Crippen LogP contribution in [0, 0.1) is 6.92 Å². The molecule has 0 aliphatic heterocycles. The number of carbonyl (C=O) groups is 1. The SMILES string of the molecule is COc1cccc(C)c1C(=O)CCBr. The number of ketones is 1. The van der Waals surface area contributed by atoms with E-state index in [9.17, 15) is 4.79 Å². The largest absolute Gasteiger partial charge is 0.496 e. The molecule has 0 amide bonds. The molecule has 0 atom stereocenters. The first-order valence-corrected chi connectivity index (χ1v) is 5.55. The second kappa shape index (κ2) is 5.15. The van der Waals surface area contributed by atoms with Crippen LogP contribution in [0.4, 0.5) is 0 Å². The van der Waals surface area contributed by atoms with Gasteiger partial charge in [-0.15, -0.1) is 0 Å². The van der Waals surface area contributed by atoms with Crippen LogP contribution < -0.4 is 4.74 Å². The summed E-state index contributed by atoms with van der Waals surface area (Å²) in [6.07, 6.45) is 0.501.